The molecule has 11 aromatic rings. The fraction of sp³-hybridized carbons (Fsp3) is 0.0508. The van der Waals surface area contributed by atoms with E-state index in [2.05, 4.69) is 242 Å². The molecule has 61 heavy (non-hydrogen) atoms. The molecule has 288 valence electrons. The summed E-state index contributed by atoms with van der Waals surface area (Å²) in [5.74, 6) is 0. The number of aromatic nitrogens is 1. The highest BCUT2D eigenvalue weighted by atomic mass is 15.1. The SMILES string of the molecule is CC1(C)c2ccccc2-c2ccc(N(c3ccc(-n4c5ccccc5c5c6c(-c7ccc8ccccc8c7)cccc6ccc54)cc3)c3cccc(-c4ccccc4)c3)cc21. The zero-order chi connectivity index (χ0) is 40.7. The van der Waals surface area contributed by atoms with E-state index in [1.807, 2.05) is 0 Å². The second-order valence-electron chi connectivity index (χ2n) is 16.9. The molecular weight excluding hydrogens is 737 g/mol. The second kappa shape index (κ2) is 13.7. The maximum absolute atomic E-state index is 2.45. The predicted molar refractivity (Wildman–Crippen MR) is 259 cm³/mol. The van der Waals surface area contributed by atoms with Crippen molar-refractivity contribution in [2.75, 3.05) is 4.90 Å². The molecule has 0 spiro atoms. The van der Waals surface area contributed by atoms with E-state index in [1.54, 1.807) is 0 Å². The normalized spacial score (nSPS) is 12.9. The molecule has 1 aliphatic rings. The van der Waals surface area contributed by atoms with Crippen molar-refractivity contribution in [3.05, 3.63) is 230 Å². The Bertz CT molecular complexity index is 3500. The van der Waals surface area contributed by atoms with Crippen LogP contribution in [-0.2, 0) is 5.41 Å². The van der Waals surface area contributed by atoms with Gasteiger partial charge in [-0.1, -0.05) is 166 Å². The van der Waals surface area contributed by atoms with E-state index in [0.717, 1.165) is 22.7 Å². The van der Waals surface area contributed by atoms with Crippen LogP contribution >= 0.6 is 0 Å². The highest BCUT2D eigenvalue weighted by Gasteiger charge is 2.35. The maximum Gasteiger partial charge on any atom is 0.0547 e. The van der Waals surface area contributed by atoms with Crippen LogP contribution in [0.5, 0.6) is 0 Å². The molecule has 10 aromatic carbocycles. The lowest BCUT2D eigenvalue weighted by Gasteiger charge is -2.28. The summed E-state index contributed by atoms with van der Waals surface area (Å²) in [5, 5.41) is 7.56. The quantitative estimate of drug-likeness (QED) is 0.163. The van der Waals surface area contributed by atoms with Gasteiger partial charge in [-0.25, -0.2) is 0 Å². The zero-order valence-electron chi connectivity index (χ0n) is 34.2. The molecule has 0 saturated carbocycles. The molecule has 1 aromatic heterocycles. The van der Waals surface area contributed by atoms with Crippen molar-refractivity contribution in [2.45, 2.75) is 19.3 Å². The third kappa shape index (κ3) is 5.56. The lowest BCUT2D eigenvalue weighted by Crippen LogP contribution is -2.16. The molecule has 2 heteroatoms. The monoisotopic (exact) mass is 778 g/mol. The second-order valence-corrected chi connectivity index (χ2v) is 16.9. The molecule has 0 aliphatic heterocycles. The van der Waals surface area contributed by atoms with Crippen LogP contribution in [0.4, 0.5) is 17.1 Å². The Kier molecular flexibility index (Phi) is 7.92. The summed E-state index contributed by atoms with van der Waals surface area (Å²) < 4.78 is 2.45. The predicted octanol–water partition coefficient (Wildman–Crippen LogP) is 16.2. The summed E-state index contributed by atoms with van der Waals surface area (Å²) in [4.78, 5) is 2.42. The van der Waals surface area contributed by atoms with E-state index in [4.69, 9.17) is 0 Å². The van der Waals surface area contributed by atoms with E-state index in [-0.39, 0.29) is 5.41 Å². The highest BCUT2D eigenvalue weighted by Crippen LogP contribution is 2.51. The van der Waals surface area contributed by atoms with Gasteiger partial charge < -0.3 is 9.47 Å². The first-order valence-electron chi connectivity index (χ1n) is 21.3. The molecule has 0 bridgehead atoms. The standard InChI is InChI=1S/C59H42N2/c1-59(2)53-24-10-8-21-50(53)51-34-33-48(38-54(51)59)60(47-20-12-19-43(37-47)39-14-4-3-5-15-39)45-29-31-46(32-30-45)61-55-25-11-9-22-52(55)58-56(61)35-28-41-18-13-23-49(57(41)58)44-27-26-40-16-6-7-17-42(40)36-44/h3-38H,1-2H3. The number of hydrogen-bond donors (Lipinski definition) is 0. The molecular formula is C59H42N2. The molecule has 0 amide bonds. The minimum absolute atomic E-state index is 0.113. The number of fused-ring (bicyclic) bond motifs is 9. The Morgan fingerprint density at radius 1 is 0.361 bits per heavy atom. The van der Waals surface area contributed by atoms with Gasteiger partial charge in [-0.15, -0.1) is 0 Å². The lowest BCUT2D eigenvalue weighted by molar-refractivity contribution is 0.660. The molecule has 0 fully saturated rings. The van der Waals surface area contributed by atoms with Gasteiger partial charge in [-0.3, -0.25) is 0 Å². The summed E-state index contributed by atoms with van der Waals surface area (Å²) in [6.45, 7) is 4.71. The third-order valence-corrected chi connectivity index (χ3v) is 13.1. The van der Waals surface area contributed by atoms with Crippen LogP contribution < -0.4 is 4.90 Å². The van der Waals surface area contributed by atoms with Crippen molar-refractivity contribution in [1.29, 1.82) is 0 Å². The molecule has 1 aliphatic carbocycles. The van der Waals surface area contributed by atoms with Crippen LogP contribution in [0.1, 0.15) is 25.0 Å². The fourth-order valence-electron chi connectivity index (χ4n) is 10.2. The van der Waals surface area contributed by atoms with Gasteiger partial charge in [0.05, 0.1) is 11.0 Å². The number of rotatable bonds is 6. The van der Waals surface area contributed by atoms with Crippen LogP contribution in [-0.4, -0.2) is 4.57 Å². The lowest BCUT2D eigenvalue weighted by atomic mass is 9.82. The Labute approximate surface area is 356 Å². The number of benzene rings is 10. The van der Waals surface area contributed by atoms with Gasteiger partial charge in [0.25, 0.3) is 0 Å². The van der Waals surface area contributed by atoms with E-state index < -0.39 is 0 Å². The number of para-hydroxylation sites is 1. The van der Waals surface area contributed by atoms with Gasteiger partial charge in [0, 0.05) is 38.9 Å². The summed E-state index contributed by atoms with van der Waals surface area (Å²) in [6, 6.07) is 80.4. The fourth-order valence-corrected chi connectivity index (χ4v) is 10.2. The average Bonchev–Trinajstić information content (AvgIpc) is 3.77. The number of anilines is 3. The van der Waals surface area contributed by atoms with Crippen molar-refractivity contribution < 1.29 is 0 Å². The molecule has 0 saturated heterocycles. The molecule has 0 unspecified atom stereocenters. The smallest absolute Gasteiger partial charge is 0.0547 e. The van der Waals surface area contributed by atoms with Crippen LogP contribution in [0, 0.1) is 0 Å². The highest BCUT2D eigenvalue weighted by molar-refractivity contribution is 6.25. The van der Waals surface area contributed by atoms with Crippen molar-refractivity contribution in [2.24, 2.45) is 0 Å². The topological polar surface area (TPSA) is 8.17 Å². The van der Waals surface area contributed by atoms with Gasteiger partial charge in [-0.05, 0) is 133 Å². The average molecular weight is 779 g/mol. The van der Waals surface area contributed by atoms with E-state index in [9.17, 15) is 0 Å². The molecule has 0 N–H and O–H groups in total. The van der Waals surface area contributed by atoms with Gasteiger partial charge in [0.1, 0.15) is 0 Å². The molecule has 1 heterocycles. The van der Waals surface area contributed by atoms with E-state index in [0.29, 0.717) is 0 Å². The minimum Gasteiger partial charge on any atom is -0.310 e. The van der Waals surface area contributed by atoms with Crippen molar-refractivity contribution in [3.63, 3.8) is 0 Å². The Balaban J connectivity index is 1.03. The largest absolute Gasteiger partial charge is 0.310 e. The summed E-state index contributed by atoms with van der Waals surface area (Å²) in [7, 11) is 0. The first-order chi connectivity index (χ1) is 30.0. The van der Waals surface area contributed by atoms with E-state index >= 15 is 0 Å². The van der Waals surface area contributed by atoms with Crippen molar-refractivity contribution in [3.8, 4) is 39.1 Å². The molecule has 0 atom stereocenters. The first-order valence-corrected chi connectivity index (χ1v) is 21.3. The van der Waals surface area contributed by atoms with Gasteiger partial charge in [-0.2, -0.15) is 0 Å². The van der Waals surface area contributed by atoms with Gasteiger partial charge >= 0.3 is 0 Å². The Morgan fingerprint density at radius 2 is 1.02 bits per heavy atom. The summed E-state index contributed by atoms with van der Waals surface area (Å²) in [6.07, 6.45) is 0. The van der Waals surface area contributed by atoms with Crippen LogP contribution in [0.2, 0.25) is 0 Å². The van der Waals surface area contributed by atoms with Crippen LogP contribution in [0.15, 0.2) is 218 Å². The van der Waals surface area contributed by atoms with Crippen molar-refractivity contribution in [1.82, 2.24) is 4.57 Å². The van der Waals surface area contributed by atoms with Gasteiger partial charge in [0.2, 0.25) is 0 Å². The van der Waals surface area contributed by atoms with E-state index in [1.165, 1.54) is 87.9 Å². The Morgan fingerprint density at radius 3 is 1.90 bits per heavy atom. The van der Waals surface area contributed by atoms with Gasteiger partial charge in [0.15, 0.2) is 0 Å². The van der Waals surface area contributed by atoms with Crippen LogP contribution in [0.25, 0.3) is 82.4 Å². The zero-order valence-corrected chi connectivity index (χ0v) is 34.2. The third-order valence-electron chi connectivity index (χ3n) is 13.1. The molecule has 12 rings (SSSR count). The first kappa shape index (κ1) is 35.3. The summed E-state index contributed by atoms with van der Waals surface area (Å²) in [5.41, 5.74) is 17.0. The minimum atomic E-state index is -0.113. The van der Waals surface area contributed by atoms with Crippen LogP contribution in [0.3, 0.4) is 0 Å². The van der Waals surface area contributed by atoms with Crippen molar-refractivity contribution >= 4 is 60.4 Å². The maximum atomic E-state index is 2.45. The number of hydrogen-bond acceptors (Lipinski definition) is 1. The molecule has 2 nitrogen and oxygen atoms in total. The number of nitrogens with zero attached hydrogens (tertiary/aromatic N) is 2. The Hall–Kier alpha value is -7.68. The molecule has 0 radical (unpaired) electrons. The summed E-state index contributed by atoms with van der Waals surface area (Å²) >= 11 is 0.